The first-order valence-electron chi connectivity index (χ1n) is 8.22. The topological polar surface area (TPSA) is 103 Å². The van der Waals surface area contributed by atoms with Crippen LogP contribution >= 0.6 is 0 Å². The predicted octanol–water partition coefficient (Wildman–Crippen LogP) is 2.90. The Bertz CT molecular complexity index is 848. The van der Waals surface area contributed by atoms with Gasteiger partial charge in [-0.05, 0) is 36.4 Å². The van der Waals surface area contributed by atoms with Crippen LogP contribution in [0, 0.1) is 5.82 Å². The number of amides is 1. The van der Waals surface area contributed by atoms with E-state index in [4.69, 9.17) is 16.2 Å². The monoisotopic (exact) mass is 368 g/mol. The lowest BCUT2D eigenvalue weighted by atomic mass is 10.2. The molecule has 0 aromatic heterocycles. The molecule has 0 heterocycles. The number of nitrogens with one attached hydrogen (secondary N) is 1. The number of ether oxygens (including phenoxy) is 1. The summed E-state index contributed by atoms with van der Waals surface area (Å²) < 4.78 is 18.5. The van der Waals surface area contributed by atoms with Crippen LogP contribution in [0.5, 0.6) is 5.75 Å². The van der Waals surface area contributed by atoms with Gasteiger partial charge in [-0.1, -0.05) is 18.2 Å². The summed E-state index contributed by atoms with van der Waals surface area (Å²) >= 11 is 0. The maximum Gasteiger partial charge on any atom is 0.248 e. The molecular formula is C20H21FN4O2. The number of hydrogen-bond acceptors (Lipinski definition) is 5. The lowest BCUT2D eigenvalue weighted by molar-refractivity contribution is -0.111. The van der Waals surface area contributed by atoms with Gasteiger partial charge < -0.3 is 21.5 Å². The average molecular weight is 368 g/mol. The Morgan fingerprint density at radius 3 is 2.67 bits per heavy atom. The zero-order valence-electron chi connectivity index (χ0n) is 14.6. The van der Waals surface area contributed by atoms with Crippen molar-refractivity contribution in [3.05, 3.63) is 78.3 Å². The molecule has 6 nitrogen and oxygen atoms in total. The minimum Gasteiger partial charge on any atom is -0.492 e. The molecule has 0 aliphatic rings. The highest BCUT2D eigenvalue weighted by molar-refractivity contribution is 6.02. The SMILES string of the molecule is NC=C(C=NCCOc1ccccc1)/C=C/C(=O)Nc1ccc(F)cc1N. The Kier molecular flexibility index (Phi) is 7.59. The molecule has 0 atom stereocenters. The first-order chi connectivity index (χ1) is 13.1. The summed E-state index contributed by atoms with van der Waals surface area (Å²) in [6, 6.07) is 13.2. The van der Waals surface area contributed by atoms with E-state index in [-0.39, 0.29) is 5.69 Å². The Morgan fingerprint density at radius 1 is 1.19 bits per heavy atom. The average Bonchev–Trinajstić information content (AvgIpc) is 2.67. The molecular weight excluding hydrogens is 347 g/mol. The van der Waals surface area contributed by atoms with E-state index >= 15 is 0 Å². The van der Waals surface area contributed by atoms with Crippen molar-refractivity contribution in [3.8, 4) is 5.75 Å². The van der Waals surface area contributed by atoms with Crippen LogP contribution in [0.3, 0.4) is 0 Å². The zero-order chi connectivity index (χ0) is 19.5. The van der Waals surface area contributed by atoms with Crippen molar-refractivity contribution in [2.45, 2.75) is 0 Å². The van der Waals surface area contributed by atoms with E-state index in [1.54, 1.807) is 6.21 Å². The number of nitrogens with zero attached hydrogens (tertiary/aromatic N) is 1. The van der Waals surface area contributed by atoms with Gasteiger partial charge in [0.15, 0.2) is 0 Å². The molecule has 0 fully saturated rings. The fourth-order valence-corrected chi connectivity index (χ4v) is 2.04. The number of nitrogen functional groups attached to an aromatic ring is 1. The van der Waals surface area contributed by atoms with E-state index in [0.717, 1.165) is 11.8 Å². The maximum atomic E-state index is 13.0. The van der Waals surface area contributed by atoms with E-state index in [2.05, 4.69) is 10.3 Å². The molecule has 0 spiro atoms. The summed E-state index contributed by atoms with van der Waals surface area (Å²) in [6.07, 6.45) is 5.67. The lowest BCUT2D eigenvalue weighted by Gasteiger charge is -2.05. The van der Waals surface area contributed by atoms with Crippen LogP contribution in [0.25, 0.3) is 0 Å². The minimum atomic E-state index is -0.471. The van der Waals surface area contributed by atoms with Crippen molar-refractivity contribution >= 4 is 23.5 Å². The van der Waals surface area contributed by atoms with Gasteiger partial charge in [0.2, 0.25) is 5.91 Å². The number of halogens is 1. The normalized spacial score (nSPS) is 11.8. The smallest absolute Gasteiger partial charge is 0.248 e. The number of allylic oxidation sites excluding steroid dienone is 2. The van der Waals surface area contributed by atoms with Gasteiger partial charge in [-0.15, -0.1) is 0 Å². The highest BCUT2D eigenvalue weighted by Crippen LogP contribution is 2.18. The number of rotatable bonds is 8. The molecule has 7 heteroatoms. The van der Waals surface area contributed by atoms with Gasteiger partial charge in [-0.25, -0.2) is 4.39 Å². The fourth-order valence-electron chi connectivity index (χ4n) is 2.04. The Hall–Kier alpha value is -3.61. The van der Waals surface area contributed by atoms with E-state index in [9.17, 15) is 9.18 Å². The summed E-state index contributed by atoms with van der Waals surface area (Å²) in [4.78, 5) is 16.1. The van der Waals surface area contributed by atoms with Crippen molar-refractivity contribution in [3.63, 3.8) is 0 Å². The Labute approximate surface area is 157 Å². The van der Waals surface area contributed by atoms with Crippen LogP contribution < -0.4 is 21.5 Å². The molecule has 0 unspecified atom stereocenters. The second-order valence-electron chi connectivity index (χ2n) is 5.42. The summed E-state index contributed by atoms with van der Waals surface area (Å²) in [5, 5.41) is 2.56. The Balaban J connectivity index is 1.80. The van der Waals surface area contributed by atoms with Crippen molar-refractivity contribution in [1.82, 2.24) is 0 Å². The van der Waals surface area contributed by atoms with E-state index in [0.29, 0.717) is 24.4 Å². The molecule has 2 rings (SSSR count). The number of aliphatic imine (C=N–C) groups is 1. The largest absolute Gasteiger partial charge is 0.492 e. The molecule has 0 aliphatic carbocycles. The molecule has 5 N–H and O–H groups in total. The standard InChI is InChI=1S/C20H21FN4O2/c21-16-7-8-19(18(23)12-16)25-20(26)9-6-15(13-22)14-24-10-11-27-17-4-2-1-3-5-17/h1-9,12-14H,10-11,22-23H2,(H,25,26)/b9-6+,15-13?,24-14?. The van der Waals surface area contributed by atoms with Crippen molar-refractivity contribution in [2.75, 3.05) is 24.2 Å². The maximum absolute atomic E-state index is 13.0. The molecule has 0 saturated heterocycles. The molecule has 2 aromatic carbocycles. The van der Waals surface area contributed by atoms with Gasteiger partial charge in [-0.3, -0.25) is 9.79 Å². The van der Waals surface area contributed by atoms with Crippen LogP contribution in [0.2, 0.25) is 0 Å². The number of anilines is 2. The molecule has 1 amide bonds. The van der Waals surface area contributed by atoms with Crippen LogP contribution in [0.4, 0.5) is 15.8 Å². The van der Waals surface area contributed by atoms with E-state index in [1.807, 2.05) is 30.3 Å². The molecule has 0 bridgehead atoms. The highest BCUT2D eigenvalue weighted by atomic mass is 19.1. The van der Waals surface area contributed by atoms with Gasteiger partial charge in [0, 0.05) is 24.1 Å². The van der Waals surface area contributed by atoms with Gasteiger partial charge in [0.1, 0.15) is 18.2 Å². The number of nitrogens with two attached hydrogens (primary N) is 2. The number of hydrogen-bond donors (Lipinski definition) is 3. The third-order valence-corrected chi connectivity index (χ3v) is 3.36. The lowest BCUT2D eigenvalue weighted by Crippen LogP contribution is -2.10. The van der Waals surface area contributed by atoms with Gasteiger partial charge in [0.05, 0.1) is 17.9 Å². The zero-order valence-corrected chi connectivity index (χ0v) is 14.6. The quantitative estimate of drug-likeness (QED) is 0.219. The first-order valence-corrected chi connectivity index (χ1v) is 8.22. The Morgan fingerprint density at radius 2 is 1.96 bits per heavy atom. The second kappa shape index (κ2) is 10.4. The summed E-state index contributed by atoms with van der Waals surface area (Å²) in [5.74, 6) is -0.116. The molecule has 0 aliphatic heterocycles. The third kappa shape index (κ3) is 7.03. The molecule has 140 valence electrons. The number of para-hydroxylation sites is 1. The molecule has 0 saturated carbocycles. The number of benzene rings is 2. The summed E-state index contributed by atoms with van der Waals surface area (Å²) in [6.45, 7) is 0.866. The summed E-state index contributed by atoms with van der Waals surface area (Å²) in [5.41, 5.74) is 12.2. The molecule has 27 heavy (non-hydrogen) atoms. The van der Waals surface area contributed by atoms with Gasteiger partial charge in [-0.2, -0.15) is 0 Å². The van der Waals surface area contributed by atoms with Crippen molar-refractivity contribution in [2.24, 2.45) is 10.7 Å². The first kappa shape index (κ1) is 19.7. The molecule has 0 radical (unpaired) electrons. The van der Waals surface area contributed by atoms with E-state index < -0.39 is 11.7 Å². The highest BCUT2D eigenvalue weighted by Gasteiger charge is 2.03. The molecule has 2 aromatic rings. The van der Waals surface area contributed by atoms with Crippen molar-refractivity contribution in [1.29, 1.82) is 0 Å². The summed E-state index contributed by atoms with van der Waals surface area (Å²) in [7, 11) is 0. The predicted molar refractivity (Wildman–Crippen MR) is 106 cm³/mol. The van der Waals surface area contributed by atoms with Crippen LogP contribution in [-0.2, 0) is 4.79 Å². The van der Waals surface area contributed by atoms with Crippen LogP contribution in [0.15, 0.2) is 77.4 Å². The van der Waals surface area contributed by atoms with Crippen molar-refractivity contribution < 1.29 is 13.9 Å². The second-order valence-corrected chi connectivity index (χ2v) is 5.42. The van der Waals surface area contributed by atoms with Gasteiger partial charge in [0.25, 0.3) is 0 Å². The number of carbonyl (C=O) groups excluding carboxylic acids is 1. The van der Waals surface area contributed by atoms with Gasteiger partial charge >= 0.3 is 0 Å². The number of carbonyl (C=O) groups is 1. The van der Waals surface area contributed by atoms with E-state index in [1.165, 1.54) is 30.5 Å². The van der Waals surface area contributed by atoms with Crippen LogP contribution in [0.1, 0.15) is 0 Å². The minimum absolute atomic E-state index is 0.145. The third-order valence-electron chi connectivity index (χ3n) is 3.36. The van der Waals surface area contributed by atoms with Crippen LogP contribution in [-0.4, -0.2) is 25.3 Å². The fraction of sp³-hybridized carbons (Fsp3) is 0.100.